The number of carbonyl (C=O) groups is 2. The summed E-state index contributed by atoms with van der Waals surface area (Å²) in [4.78, 5) is 25.1. The number of ketones is 1. The number of hydrogen-bond acceptors (Lipinski definition) is 3. The van der Waals surface area contributed by atoms with E-state index in [9.17, 15) is 9.59 Å². The van der Waals surface area contributed by atoms with Gasteiger partial charge >= 0.3 is 5.97 Å². The van der Waals surface area contributed by atoms with Crippen LogP contribution in [0.25, 0.3) is 0 Å². The van der Waals surface area contributed by atoms with E-state index in [1.54, 1.807) is 12.1 Å². The van der Waals surface area contributed by atoms with Gasteiger partial charge in [-0.15, -0.1) is 0 Å². The monoisotopic (exact) mass is 261 g/mol. The van der Waals surface area contributed by atoms with Crippen molar-refractivity contribution in [2.45, 2.75) is 31.7 Å². The van der Waals surface area contributed by atoms with Crippen molar-refractivity contribution in [3.63, 3.8) is 0 Å². The lowest BCUT2D eigenvalue weighted by Crippen LogP contribution is -2.45. The number of benzene rings is 1. The van der Waals surface area contributed by atoms with E-state index < -0.39 is 12.0 Å². The van der Waals surface area contributed by atoms with Crippen molar-refractivity contribution in [1.29, 1.82) is 0 Å². The second-order valence-electron chi connectivity index (χ2n) is 4.92. The molecule has 1 heterocycles. The predicted octanol–water partition coefficient (Wildman–Crippen LogP) is 2.20. The molecule has 2 rings (SSSR count). The Balaban J connectivity index is 1.90. The third-order valence-corrected chi connectivity index (χ3v) is 3.62. The summed E-state index contributed by atoms with van der Waals surface area (Å²) in [5.41, 5.74) is 0.700. The number of likely N-dealkylation sites (tertiary alicyclic amines) is 1. The molecule has 0 aromatic heterocycles. The SMILES string of the molecule is O=C(CCN1CCCCC1C(=O)O)c1ccccc1. The first-order valence-electron chi connectivity index (χ1n) is 6.73. The number of carbonyl (C=O) groups excluding carboxylic acids is 1. The molecule has 0 saturated carbocycles. The van der Waals surface area contributed by atoms with Crippen LogP contribution in [-0.4, -0.2) is 40.9 Å². The molecular formula is C15H19NO3. The van der Waals surface area contributed by atoms with E-state index in [0.29, 0.717) is 24.9 Å². The molecule has 1 N–H and O–H groups in total. The van der Waals surface area contributed by atoms with Gasteiger partial charge in [-0.2, -0.15) is 0 Å². The fourth-order valence-corrected chi connectivity index (χ4v) is 2.55. The van der Waals surface area contributed by atoms with Crippen LogP contribution in [0.15, 0.2) is 30.3 Å². The Hall–Kier alpha value is -1.68. The molecule has 1 aromatic carbocycles. The maximum Gasteiger partial charge on any atom is 0.320 e. The van der Waals surface area contributed by atoms with Gasteiger partial charge in [0.15, 0.2) is 5.78 Å². The Labute approximate surface area is 113 Å². The zero-order valence-electron chi connectivity index (χ0n) is 10.9. The normalized spacial score (nSPS) is 20.1. The number of carboxylic acid groups (broad SMARTS) is 1. The highest BCUT2D eigenvalue weighted by molar-refractivity contribution is 5.96. The lowest BCUT2D eigenvalue weighted by Gasteiger charge is -2.32. The van der Waals surface area contributed by atoms with Gasteiger partial charge in [0.1, 0.15) is 6.04 Å². The van der Waals surface area contributed by atoms with Crippen LogP contribution in [0.3, 0.4) is 0 Å². The molecule has 1 saturated heterocycles. The topological polar surface area (TPSA) is 57.6 Å². The molecule has 0 radical (unpaired) electrons. The summed E-state index contributed by atoms with van der Waals surface area (Å²) in [5, 5.41) is 9.16. The van der Waals surface area contributed by atoms with Crippen molar-refractivity contribution >= 4 is 11.8 Å². The number of rotatable bonds is 5. The predicted molar refractivity (Wildman–Crippen MR) is 72.2 cm³/mol. The molecule has 1 aliphatic heterocycles. The minimum atomic E-state index is -0.771. The van der Waals surface area contributed by atoms with Gasteiger partial charge in [-0.05, 0) is 19.4 Å². The standard InChI is InChI=1S/C15H19NO3/c17-14(12-6-2-1-3-7-12)9-11-16-10-5-4-8-13(16)15(18)19/h1-3,6-7,13H,4-5,8-11H2,(H,18,19). The molecule has 1 unspecified atom stereocenters. The van der Waals surface area contributed by atoms with Crippen LogP contribution in [0, 0.1) is 0 Å². The molecule has 4 nitrogen and oxygen atoms in total. The average molecular weight is 261 g/mol. The van der Waals surface area contributed by atoms with Crippen LogP contribution in [0.2, 0.25) is 0 Å². The van der Waals surface area contributed by atoms with Gasteiger partial charge in [0.25, 0.3) is 0 Å². The summed E-state index contributed by atoms with van der Waals surface area (Å²) in [6.45, 7) is 1.31. The van der Waals surface area contributed by atoms with Crippen LogP contribution < -0.4 is 0 Å². The minimum Gasteiger partial charge on any atom is -0.480 e. The van der Waals surface area contributed by atoms with Crippen LogP contribution >= 0.6 is 0 Å². The molecule has 0 spiro atoms. The second-order valence-corrected chi connectivity index (χ2v) is 4.92. The Morgan fingerprint density at radius 3 is 2.63 bits per heavy atom. The quantitative estimate of drug-likeness (QED) is 0.825. The maximum atomic E-state index is 12.0. The summed E-state index contributed by atoms with van der Waals surface area (Å²) >= 11 is 0. The molecular weight excluding hydrogens is 242 g/mol. The first-order chi connectivity index (χ1) is 9.18. The lowest BCUT2D eigenvalue weighted by molar-refractivity contribution is -0.144. The van der Waals surface area contributed by atoms with Crippen molar-refractivity contribution in [1.82, 2.24) is 4.90 Å². The second kappa shape index (κ2) is 6.48. The molecule has 0 bridgehead atoms. The molecule has 1 aromatic rings. The van der Waals surface area contributed by atoms with Crippen LogP contribution in [0.5, 0.6) is 0 Å². The summed E-state index contributed by atoms with van der Waals surface area (Å²) in [6, 6.07) is 8.74. The van der Waals surface area contributed by atoms with E-state index in [4.69, 9.17) is 5.11 Å². The van der Waals surface area contributed by atoms with Crippen molar-refractivity contribution < 1.29 is 14.7 Å². The number of carboxylic acids is 1. The molecule has 0 aliphatic carbocycles. The number of nitrogens with zero attached hydrogens (tertiary/aromatic N) is 1. The average Bonchev–Trinajstić information content (AvgIpc) is 2.46. The van der Waals surface area contributed by atoms with E-state index in [1.807, 2.05) is 23.1 Å². The molecule has 1 aliphatic rings. The largest absolute Gasteiger partial charge is 0.480 e. The van der Waals surface area contributed by atoms with E-state index >= 15 is 0 Å². The fourth-order valence-electron chi connectivity index (χ4n) is 2.55. The Morgan fingerprint density at radius 1 is 1.21 bits per heavy atom. The lowest BCUT2D eigenvalue weighted by atomic mass is 10.0. The van der Waals surface area contributed by atoms with E-state index in [0.717, 1.165) is 19.4 Å². The molecule has 4 heteroatoms. The zero-order chi connectivity index (χ0) is 13.7. The molecule has 0 amide bonds. The van der Waals surface area contributed by atoms with E-state index in [1.165, 1.54) is 0 Å². The van der Waals surface area contributed by atoms with Gasteiger partial charge in [0.2, 0.25) is 0 Å². The smallest absolute Gasteiger partial charge is 0.320 e. The van der Waals surface area contributed by atoms with Gasteiger partial charge in [-0.1, -0.05) is 36.8 Å². The fraction of sp³-hybridized carbons (Fsp3) is 0.467. The Kier molecular flexibility index (Phi) is 4.68. The van der Waals surface area contributed by atoms with Crippen molar-refractivity contribution in [2.75, 3.05) is 13.1 Å². The molecule has 19 heavy (non-hydrogen) atoms. The molecule has 1 atom stereocenters. The van der Waals surface area contributed by atoms with E-state index in [2.05, 4.69) is 0 Å². The summed E-state index contributed by atoms with van der Waals surface area (Å²) in [7, 11) is 0. The first kappa shape index (κ1) is 13.7. The molecule has 102 valence electrons. The number of hydrogen-bond donors (Lipinski definition) is 1. The van der Waals surface area contributed by atoms with Gasteiger partial charge in [-0.3, -0.25) is 14.5 Å². The van der Waals surface area contributed by atoms with Crippen LogP contribution in [-0.2, 0) is 4.79 Å². The van der Waals surface area contributed by atoms with Gasteiger partial charge < -0.3 is 5.11 Å². The highest BCUT2D eigenvalue weighted by atomic mass is 16.4. The molecule has 1 fully saturated rings. The number of piperidine rings is 1. The van der Waals surface area contributed by atoms with Crippen molar-refractivity contribution in [3.8, 4) is 0 Å². The third-order valence-electron chi connectivity index (χ3n) is 3.62. The Morgan fingerprint density at radius 2 is 1.95 bits per heavy atom. The summed E-state index contributed by atoms with van der Waals surface area (Å²) < 4.78 is 0. The first-order valence-corrected chi connectivity index (χ1v) is 6.73. The zero-order valence-corrected chi connectivity index (χ0v) is 10.9. The van der Waals surface area contributed by atoms with Gasteiger partial charge in [0, 0.05) is 18.5 Å². The highest BCUT2D eigenvalue weighted by Gasteiger charge is 2.28. The van der Waals surface area contributed by atoms with E-state index in [-0.39, 0.29) is 5.78 Å². The summed E-state index contributed by atoms with van der Waals surface area (Å²) in [5.74, 6) is -0.692. The van der Waals surface area contributed by atoms with Gasteiger partial charge in [-0.25, -0.2) is 0 Å². The summed E-state index contributed by atoms with van der Waals surface area (Å²) in [6.07, 6.45) is 3.05. The number of aliphatic carboxylic acids is 1. The Bertz CT molecular complexity index is 444. The van der Waals surface area contributed by atoms with Crippen molar-refractivity contribution in [3.05, 3.63) is 35.9 Å². The van der Waals surface area contributed by atoms with Gasteiger partial charge in [0.05, 0.1) is 0 Å². The third kappa shape index (κ3) is 3.64. The maximum absolute atomic E-state index is 12.0. The highest BCUT2D eigenvalue weighted by Crippen LogP contribution is 2.18. The van der Waals surface area contributed by atoms with Crippen molar-refractivity contribution in [2.24, 2.45) is 0 Å². The van der Waals surface area contributed by atoms with Crippen LogP contribution in [0.4, 0.5) is 0 Å². The minimum absolute atomic E-state index is 0.0790. The van der Waals surface area contributed by atoms with Crippen LogP contribution in [0.1, 0.15) is 36.0 Å². The number of Topliss-reactive ketones (excluding diaryl/α,β-unsaturated/α-hetero) is 1.